The molecule has 0 amide bonds. The van der Waals surface area contributed by atoms with E-state index in [-0.39, 0.29) is 29.6 Å². The van der Waals surface area contributed by atoms with Gasteiger partial charge in [-0.1, -0.05) is 18.1 Å². The summed E-state index contributed by atoms with van der Waals surface area (Å²) in [4.78, 5) is 0. The zero-order valence-electron chi connectivity index (χ0n) is 8.50. The van der Waals surface area contributed by atoms with Crippen molar-refractivity contribution in [2.75, 3.05) is 0 Å². The van der Waals surface area contributed by atoms with Crippen molar-refractivity contribution in [3.63, 3.8) is 0 Å². The van der Waals surface area contributed by atoms with Crippen molar-refractivity contribution in [2.24, 2.45) is 0 Å². The van der Waals surface area contributed by atoms with Crippen LogP contribution in [0.2, 0.25) is 0 Å². The van der Waals surface area contributed by atoms with Crippen molar-refractivity contribution < 1.29 is 29.6 Å². The summed E-state index contributed by atoms with van der Waals surface area (Å²) in [5.41, 5.74) is 5.87. The van der Waals surface area contributed by atoms with E-state index in [2.05, 4.69) is 34.6 Å². The van der Waals surface area contributed by atoms with Crippen LogP contribution in [0, 0.1) is 5.92 Å². The molecule has 0 unspecified atom stereocenters. The molecular formula is C10H15Na+. The molecule has 0 nitrogen and oxygen atoms in total. The minimum absolute atomic E-state index is 0. The van der Waals surface area contributed by atoms with Crippen molar-refractivity contribution in [1.29, 1.82) is 0 Å². The number of hydrogen-bond acceptors (Lipinski definition) is 0. The summed E-state index contributed by atoms with van der Waals surface area (Å²) in [6.45, 7) is 11.0. The zero-order valence-corrected chi connectivity index (χ0v) is 10.5. The minimum atomic E-state index is 0. The minimum Gasteiger partial charge on any atom is -0.0589 e. The molecule has 0 fully saturated rings. The van der Waals surface area contributed by atoms with Crippen LogP contribution >= 0.6 is 0 Å². The molecule has 0 heterocycles. The average Bonchev–Trinajstić information content (AvgIpc) is 2.07. The van der Waals surface area contributed by atoms with Crippen LogP contribution in [0.1, 0.15) is 34.6 Å². The van der Waals surface area contributed by atoms with Crippen molar-refractivity contribution in [2.45, 2.75) is 34.6 Å². The second kappa shape index (κ2) is 3.93. The van der Waals surface area contributed by atoms with Gasteiger partial charge in [-0.25, -0.2) is 0 Å². The molecule has 11 heavy (non-hydrogen) atoms. The fourth-order valence-electron chi connectivity index (χ4n) is 1.41. The van der Waals surface area contributed by atoms with Gasteiger partial charge < -0.3 is 0 Å². The first kappa shape index (κ1) is 11.5. The monoisotopic (exact) mass is 158 g/mol. The Labute approximate surface area is 92.1 Å². The molecule has 0 aromatic carbocycles. The van der Waals surface area contributed by atoms with Gasteiger partial charge >= 0.3 is 29.6 Å². The maximum atomic E-state index is 2.20. The second-order valence-electron chi connectivity index (χ2n) is 3.12. The van der Waals surface area contributed by atoms with E-state index in [9.17, 15) is 0 Å². The number of allylic oxidation sites excluding steroid dienone is 4. The molecule has 0 aliphatic heterocycles. The first-order chi connectivity index (χ1) is 4.55. The van der Waals surface area contributed by atoms with Crippen LogP contribution in [0.5, 0.6) is 0 Å². The normalized spacial score (nSPS) is 19.4. The summed E-state index contributed by atoms with van der Waals surface area (Å²) in [6.07, 6.45) is 0. The molecule has 1 radical (unpaired) electrons. The Morgan fingerprint density at radius 1 is 0.545 bits per heavy atom. The van der Waals surface area contributed by atoms with Gasteiger partial charge in [0, 0.05) is 5.92 Å². The molecule has 55 valence electrons. The van der Waals surface area contributed by atoms with Crippen molar-refractivity contribution in [3.05, 3.63) is 28.2 Å². The zero-order chi connectivity index (χ0) is 7.89. The van der Waals surface area contributed by atoms with E-state index >= 15 is 0 Å². The van der Waals surface area contributed by atoms with E-state index in [4.69, 9.17) is 0 Å². The van der Waals surface area contributed by atoms with Crippen LogP contribution in [0.15, 0.2) is 22.3 Å². The summed E-state index contributed by atoms with van der Waals surface area (Å²) in [5.74, 6) is 1.47. The first-order valence-corrected chi connectivity index (χ1v) is 3.75. The molecule has 0 saturated carbocycles. The van der Waals surface area contributed by atoms with Crippen LogP contribution in [-0.2, 0) is 0 Å². The molecule has 1 aliphatic rings. The Hall–Kier alpha value is 0.480. The largest absolute Gasteiger partial charge is 1.00 e. The van der Waals surface area contributed by atoms with Gasteiger partial charge in [0.25, 0.3) is 0 Å². The molecule has 1 rings (SSSR count). The summed E-state index contributed by atoms with van der Waals surface area (Å²) >= 11 is 0. The van der Waals surface area contributed by atoms with Crippen molar-refractivity contribution in [3.8, 4) is 0 Å². The summed E-state index contributed by atoms with van der Waals surface area (Å²) in [5, 5.41) is 0. The maximum absolute atomic E-state index is 2.20. The van der Waals surface area contributed by atoms with Gasteiger partial charge in [0.15, 0.2) is 0 Å². The topological polar surface area (TPSA) is 0 Å². The molecule has 0 spiro atoms. The van der Waals surface area contributed by atoms with Gasteiger partial charge in [-0.15, -0.1) is 0 Å². The Morgan fingerprint density at radius 3 is 0.909 bits per heavy atom. The maximum Gasteiger partial charge on any atom is 1.00 e. The molecule has 0 bridgehead atoms. The van der Waals surface area contributed by atoms with Gasteiger partial charge in [-0.2, -0.15) is 0 Å². The summed E-state index contributed by atoms with van der Waals surface area (Å²) in [6, 6.07) is 0. The van der Waals surface area contributed by atoms with E-state index in [1.54, 1.807) is 0 Å². The summed E-state index contributed by atoms with van der Waals surface area (Å²) in [7, 11) is 0. The molecular weight excluding hydrogens is 143 g/mol. The van der Waals surface area contributed by atoms with Crippen LogP contribution in [0.4, 0.5) is 0 Å². The van der Waals surface area contributed by atoms with E-state index in [0.717, 1.165) is 0 Å². The predicted octanol–water partition coefficient (Wildman–Crippen LogP) is 0.271. The average molecular weight is 158 g/mol. The van der Waals surface area contributed by atoms with Crippen LogP contribution in [0.25, 0.3) is 0 Å². The second-order valence-corrected chi connectivity index (χ2v) is 3.12. The fraction of sp³-hybridized carbons (Fsp3) is 0.500. The molecule has 0 aromatic heterocycles. The van der Waals surface area contributed by atoms with Gasteiger partial charge in [0.1, 0.15) is 0 Å². The fourth-order valence-corrected chi connectivity index (χ4v) is 1.41. The van der Waals surface area contributed by atoms with Crippen LogP contribution in [-0.4, -0.2) is 0 Å². The molecule has 0 aromatic rings. The van der Waals surface area contributed by atoms with E-state index < -0.39 is 0 Å². The van der Waals surface area contributed by atoms with Gasteiger partial charge in [-0.05, 0) is 38.8 Å². The third kappa shape index (κ3) is 1.80. The third-order valence-electron chi connectivity index (χ3n) is 2.81. The van der Waals surface area contributed by atoms with Gasteiger partial charge in [0.2, 0.25) is 0 Å². The van der Waals surface area contributed by atoms with E-state index in [1.165, 1.54) is 28.2 Å². The Morgan fingerprint density at radius 2 is 0.818 bits per heavy atom. The molecule has 0 atom stereocenters. The Bertz CT molecular complexity index is 197. The van der Waals surface area contributed by atoms with Crippen molar-refractivity contribution >= 4 is 0 Å². The van der Waals surface area contributed by atoms with Crippen LogP contribution < -0.4 is 29.6 Å². The van der Waals surface area contributed by atoms with Gasteiger partial charge in [0.05, 0.1) is 0 Å². The van der Waals surface area contributed by atoms with E-state index in [0.29, 0.717) is 0 Å². The Balaban J connectivity index is 0.000001000. The quantitative estimate of drug-likeness (QED) is 0.444. The number of rotatable bonds is 0. The summed E-state index contributed by atoms with van der Waals surface area (Å²) < 4.78 is 0. The van der Waals surface area contributed by atoms with Crippen LogP contribution in [0.3, 0.4) is 0 Å². The van der Waals surface area contributed by atoms with E-state index in [1.807, 2.05) is 0 Å². The smallest absolute Gasteiger partial charge is 0.0589 e. The molecule has 1 heteroatoms. The first-order valence-electron chi connectivity index (χ1n) is 3.75. The number of hydrogen-bond donors (Lipinski definition) is 0. The molecule has 0 N–H and O–H groups in total. The van der Waals surface area contributed by atoms with Crippen molar-refractivity contribution in [1.82, 2.24) is 0 Å². The van der Waals surface area contributed by atoms with Gasteiger partial charge in [-0.3, -0.25) is 0 Å². The molecule has 0 saturated heterocycles. The predicted molar refractivity (Wildman–Crippen MR) is 45.7 cm³/mol. The molecule has 1 aliphatic carbocycles. The standard InChI is InChI=1S/C10H15.Na/c1-6-7(2)9(4)10(5)8(6)3;/h1-5H3;/q;+1. The third-order valence-corrected chi connectivity index (χ3v) is 2.81. The SMILES string of the molecule is C[C]1C(C)=C(C)C(C)=C1C.[Na+]. The Kier molecular flexibility index (Phi) is 4.10.